The molecule has 0 radical (unpaired) electrons. The molecule has 0 aliphatic carbocycles. The summed E-state index contributed by atoms with van der Waals surface area (Å²) in [6.07, 6.45) is 6.15. The number of ether oxygens (including phenoxy) is 7. The molecule has 0 bridgehead atoms. The van der Waals surface area contributed by atoms with Gasteiger partial charge in [0.1, 0.15) is 12.6 Å². The number of imide groups is 2. The number of benzene rings is 1. The highest BCUT2D eigenvalue weighted by Gasteiger charge is 2.45. The zero-order valence-electron chi connectivity index (χ0n) is 29.2. The third-order valence-corrected chi connectivity index (χ3v) is 7.87. The topological polar surface area (TPSA) is 177 Å². The third kappa shape index (κ3) is 14.8. The van der Waals surface area contributed by atoms with Gasteiger partial charge in [-0.25, -0.2) is 0 Å². The number of fused-ring (bicyclic) bond motifs is 1. The predicted molar refractivity (Wildman–Crippen MR) is 181 cm³/mol. The third-order valence-electron chi connectivity index (χ3n) is 7.87. The standard InChI is InChI=1S/C35H53N3O12/c1-2-3-4-5-6-10-31(40)50-26-25-49-24-23-48-22-21-47-20-19-46-18-17-45-16-15-44-14-13-36-28-9-7-8-27-32(28)35(43)38(34(27)42)29-11-12-30(39)37-33(29)41/h7-9,29,36H,2-6,10-26H2,1H3,(H,37,39,41). The van der Waals surface area contributed by atoms with Gasteiger partial charge < -0.3 is 38.5 Å². The molecule has 1 aromatic carbocycles. The molecule has 280 valence electrons. The van der Waals surface area contributed by atoms with Crippen molar-refractivity contribution in [1.29, 1.82) is 0 Å². The summed E-state index contributed by atoms with van der Waals surface area (Å²) in [5.74, 6) is -2.33. The maximum Gasteiger partial charge on any atom is 0.305 e. The van der Waals surface area contributed by atoms with Gasteiger partial charge in [0.2, 0.25) is 11.8 Å². The van der Waals surface area contributed by atoms with Crippen molar-refractivity contribution in [2.75, 3.05) is 97.8 Å². The normalized spacial score (nSPS) is 15.8. The van der Waals surface area contributed by atoms with Crippen molar-refractivity contribution in [3.05, 3.63) is 29.3 Å². The fourth-order valence-electron chi connectivity index (χ4n) is 5.28. The summed E-state index contributed by atoms with van der Waals surface area (Å²) in [5, 5.41) is 5.32. The molecule has 2 heterocycles. The fraction of sp³-hybridized carbons (Fsp3) is 0.686. The van der Waals surface area contributed by atoms with E-state index >= 15 is 0 Å². The molecule has 0 aromatic heterocycles. The number of rotatable bonds is 29. The molecule has 2 aliphatic heterocycles. The minimum atomic E-state index is -1.01. The minimum absolute atomic E-state index is 0.0659. The molecule has 1 unspecified atom stereocenters. The molecule has 1 atom stereocenters. The van der Waals surface area contributed by atoms with E-state index in [-0.39, 0.29) is 36.5 Å². The van der Waals surface area contributed by atoms with E-state index in [9.17, 15) is 24.0 Å². The zero-order valence-corrected chi connectivity index (χ0v) is 29.2. The van der Waals surface area contributed by atoms with Crippen LogP contribution in [0.2, 0.25) is 0 Å². The lowest BCUT2D eigenvalue weighted by atomic mass is 10.0. The van der Waals surface area contributed by atoms with E-state index in [1.807, 2.05) is 0 Å². The highest BCUT2D eigenvalue weighted by Crippen LogP contribution is 2.32. The second kappa shape index (κ2) is 24.6. The number of esters is 1. The van der Waals surface area contributed by atoms with E-state index < -0.39 is 29.7 Å². The number of nitrogens with one attached hydrogen (secondary N) is 2. The van der Waals surface area contributed by atoms with E-state index in [2.05, 4.69) is 17.6 Å². The van der Waals surface area contributed by atoms with Gasteiger partial charge in [0.25, 0.3) is 11.8 Å². The molecule has 2 aliphatic rings. The van der Waals surface area contributed by atoms with Crippen LogP contribution in [-0.4, -0.2) is 133 Å². The quantitative estimate of drug-likeness (QED) is 0.0706. The van der Waals surface area contributed by atoms with E-state index in [0.717, 1.165) is 17.7 Å². The number of carbonyl (C=O) groups excluding carboxylic acids is 5. The maximum atomic E-state index is 13.1. The van der Waals surface area contributed by atoms with Crippen LogP contribution in [0.3, 0.4) is 0 Å². The summed E-state index contributed by atoms with van der Waals surface area (Å²) in [5.41, 5.74) is 0.905. The first-order valence-electron chi connectivity index (χ1n) is 17.6. The lowest BCUT2D eigenvalue weighted by Crippen LogP contribution is -2.54. The van der Waals surface area contributed by atoms with Gasteiger partial charge in [0.05, 0.1) is 90.4 Å². The Hall–Kier alpha value is -3.47. The predicted octanol–water partition coefficient (Wildman–Crippen LogP) is 2.50. The van der Waals surface area contributed by atoms with Crippen LogP contribution in [0.4, 0.5) is 5.69 Å². The van der Waals surface area contributed by atoms with Crippen molar-refractivity contribution in [3.63, 3.8) is 0 Å². The van der Waals surface area contributed by atoms with Crippen LogP contribution in [0, 0.1) is 0 Å². The Labute approximate surface area is 293 Å². The highest BCUT2D eigenvalue weighted by atomic mass is 16.6. The molecular formula is C35H53N3O12. The zero-order chi connectivity index (χ0) is 35.8. The van der Waals surface area contributed by atoms with Crippen molar-refractivity contribution in [3.8, 4) is 0 Å². The Morgan fingerprint density at radius 1 is 0.740 bits per heavy atom. The Bertz CT molecular complexity index is 1210. The number of piperidine rings is 1. The van der Waals surface area contributed by atoms with Crippen molar-refractivity contribution in [2.45, 2.75) is 64.3 Å². The average molecular weight is 708 g/mol. The van der Waals surface area contributed by atoms with E-state index in [0.29, 0.717) is 97.9 Å². The first kappa shape index (κ1) is 41.0. The number of carbonyl (C=O) groups is 5. The largest absolute Gasteiger partial charge is 0.463 e. The summed E-state index contributed by atoms with van der Waals surface area (Å²) in [6.45, 7) is 7.75. The van der Waals surface area contributed by atoms with Gasteiger partial charge in [0.15, 0.2) is 0 Å². The van der Waals surface area contributed by atoms with E-state index in [1.165, 1.54) is 19.3 Å². The van der Waals surface area contributed by atoms with Crippen molar-refractivity contribution in [1.82, 2.24) is 10.2 Å². The number of amides is 4. The minimum Gasteiger partial charge on any atom is -0.463 e. The van der Waals surface area contributed by atoms with Crippen LogP contribution in [0.25, 0.3) is 0 Å². The maximum absolute atomic E-state index is 13.1. The summed E-state index contributed by atoms with van der Waals surface area (Å²) in [4.78, 5) is 62.4. The van der Waals surface area contributed by atoms with E-state index in [1.54, 1.807) is 18.2 Å². The summed E-state index contributed by atoms with van der Waals surface area (Å²) in [7, 11) is 0. The molecular weight excluding hydrogens is 654 g/mol. The Balaban J connectivity index is 1.07. The molecule has 0 spiro atoms. The molecule has 3 rings (SSSR count). The Morgan fingerprint density at radius 2 is 1.30 bits per heavy atom. The van der Waals surface area contributed by atoms with Gasteiger partial charge in [-0.2, -0.15) is 0 Å². The van der Waals surface area contributed by atoms with Crippen LogP contribution >= 0.6 is 0 Å². The van der Waals surface area contributed by atoms with Gasteiger partial charge in [0, 0.05) is 25.1 Å². The molecule has 15 nitrogen and oxygen atoms in total. The lowest BCUT2D eigenvalue weighted by Gasteiger charge is -2.27. The Morgan fingerprint density at radius 3 is 1.88 bits per heavy atom. The average Bonchev–Trinajstić information content (AvgIpc) is 3.36. The van der Waals surface area contributed by atoms with Gasteiger partial charge in [-0.15, -0.1) is 0 Å². The number of anilines is 1. The van der Waals surface area contributed by atoms with Gasteiger partial charge in [-0.1, -0.05) is 38.7 Å². The van der Waals surface area contributed by atoms with Crippen molar-refractivity contribution in [2.24, 2.45) is 0 Å². The number of unbranched alkanes of at least 4 members (excludes halogenated alkanes) is 4. The highest BCUT2D eigenvalue weighted by molar-refractivity contribution is 6.25. The first-order chi connectivity index (χ1) is 24.4. The van der Waals surface area contributed by atoms with Crippen LogP contribution in [0.15, 0.2) is 18.2 Å². The molecule has 1 saturated heterocycles. The van der Waals surface area contributed by atoms with Crippen LogP contribution in [0.5, 0.6) is 0 Å². The van der Waals surface area contributed by atoms with Gasteiger partial charge in [-0.3, -0.25) is 34.2 Å². The number of hydrogen-bond donors (Lipinski definition) is 2. The number of nitrogens with zero attached hydrogens (tertiary/aromatic N) is 1. The Kier molecular flexibility index (Phi) is 20.2. The summed E-state index contributed by atoms with van der Waals surface area (Å²) < 4.78 is 38.0. The fourth-order valence-corrected chi connectivity index (χ4v) is 5.28. The summed E-state index contributed by atoms with van der Waals surface area (Å²) >= 11 is 0. The molecule has 4 amide bonds. The molecule has 1 fully saturated rings. The second-order valence-corrected chi connectivity index (χ2v) is 11.7. The SMILES string of the molecule is CCCCCCCC(=O)OCCOCCOCCOCCOCCOCCOCCNc1cccc2c1C(=O)N(C1CCC(=O)NC1=O)C2=O. The molecule has 50 heavy (non-hydrogen) atoms. The smallest absolute Gasteiger partial charge is 0.305 e. The van der Waals surface area contributed by atoms with Crippen LogP contribution in [-0.2, 0) is 47.5 Å². The molecule has 1 aromatic rings. The van der Waals surface area contributed by atoms with E-state index in [4.69, 9.17) is 33.2 Å². The van der Waals surface area contributed by atoms with Crippen molar-refractivity contribution >= 4 is 35.3 Å². The lowest BCUT2D eigenvalue weighted by molar-refractivity contribution is -0.145. The van der Waals surface area contributed by atoms with Gasteiger partial charge in [-0.05, 0) is 25.0 Å². The first-order valence-corrected chi connectivity index (χ1v) is 17.6. The molecule has 15 heteroatoms. The molecule has 2 N–H and O–H groups in total. The van der Waals surface area contributed by atoms with Crippen LogP contribution in [0.1, 0.15) is 79.0 Å². The number of hydrogen-bond acceptors (Lipinski definition) is 13. The monoisotopic (exact) mass is 707 g/mol. The molecule has 0 saturated carbocycles. The van der Waals surface area contributed by atoms with Gasteiger partial charge >= 0.3 is 5.97 Å². The van der Waals surface area contributed by atoms with Crippen molar-refractivity contribution < 1.29 is 57.1 Å². The second-order valence-electron chi connectivity index (χ2n) is 11.7. The van der Waals surface area contributed by atoms with Crippen LogP contribution < -0.4 is 10.6 Å². The summed E-state index contributed by atoms with van der Waals surface area (Å²) in [6, 6.07) is 3.90.